The lowest BCUT2D eigenvalue weighted by Gasteiger charge is -2.16. The number of hydrogen-bond donors (Lipinski definition) is 0. The van der Waals surface area contributed by atoms with Gasteiger partial charge in [0, 0.05) is 33.4 Å². The third kappa shape index (κ3) is 9.48. The van der Waals surface area contributed by atoms with Crippen LogP contribution in [0.3, 0.4) is 0 Å². The highest BCUT2D eigenvalue weighted by molar-refractivity contribution is 14.1. The van der Waals surface area contributed by atoms with Crippen LogP contribution in [0.15, 0.2) is 48.5 Å². The molecular weight excluding hydrogens is 583 g/mol. The average molecular weight is 603 g/mol. The number of carbonyl (C=O) groups excluding carboxylic acids is 5. The molecule has 1 unspecified atom stereocenters. The first-order valence-electron chi connectivity index (χ1n) is 9.82. The van der Waals surface area contributed by atoms with Crippen LogP contribution in [-0.4, -0.2) is 43.2 Å². The van der Waals surface area contributed by atoms with Crippen molar-refractivity contribution >= 4 is 63.9 Å². The summed E-state index contributed by atoms with van der Waals surface area (Å²) >= 11 is 8.07. The first-order chi connectivity index (χ1) is 16.2. The topological polar surface area (TPSA) is 122 Å². The molecule has 0 aliphatic rings. The number of hydrogen-bond acceptors (Lipinski definition) is 9. The van der Waals surface area contributed by atoms with E-state index in [9.17, 15) is 24.0 Å². The SMILES string of the molecule is CC(=O)OCOC(=O)C(=O)OCOC(=O)CC(CC(=O)c1ccc(I)cc1)c1ccc(Cl)cc1. The second-order valence-corrected chi connectivity index (χ2v) is 8.52. The lowest BCUT2D eigenvalue weighted by molar-refractivity contribution is -0.185. The number of ketones is 1. The molecule has 34 heavy (non-hydrogen) atoms. The molecule has 0 N–H and O–H groups in total. The first-order valence-corrected chi connectivity index (χ1v) is 11.3. The average Bonchev–Trinajstić information content (AvgIpc) is 2.79. The highest BCUT2D eigenvalue weighted by Gasteiger charge is 2.23. The van der Waals surface area contributed by atoms with E-state index in [1.807, 2.05) is 12.1 Å². The van der Waals surface area contributed by atoms with Crippen molar-refractivity contribution in [2.24, 2.45) is 0 Å². The normalized spacial score (nSPS) is 11.1. The van der Waals surface area contributed by atoms with Crippen molar-refractivity contribution in [3.8, 4) is 0 Å². The molecular formula is C23H20ClIO9. The van der Waals surface area contributed by atoms with E-state index in [0.717, 1.165) is 10.5 Å². The smallest absolute Gasteiger partial charge is 0.420 e. The maximum Gasteiger partial charge on any atom is 0.420 e. The molecule has 2 aromatic carbocycles. The van der Waals surface area contributed by atoms with E-state index in [4.69, 9.17) is 16.3 Å². The summed E-state index contributed by atoms with van der Waals surface area (Å²) in [6.07, 6.45) is -0.161. The summed E-state index contributed by atoms with van der Waals surface area (Å²) in [5.74, 6) is -4.99. The zero-order chi connectivity index (χ0) is 25.1. The Kier molecular flexibility index (Phi) is 10.9. The van der Waals surface area contributed by atoms with E-state index in [-0.39, 0.29) is 18.6 Å². The summed E-state index contributed by atoms with van der Waals surface area (Å²) in [6, 6.07) is 13.8. The number of benzene rings is 2. The minimum atomic E-state index is -1.43. The molecule has 0 radical (unpaired) electrons. The van der Waals surface area contributed by atoms with Crippen molar-refractivity contribution in [1.29, 1.82) is 0 Å². The van der Waals surface area contributed by atoms with Gasteiger partial charge in [-0.05, 0) is 52.4 Å². The molecule has 2 rings (SSSR count). The molecule has 2 aromatic rings. The number of Topliss-reactive ketones (excluding diaryl/α,β-unsaturated/α-hetero) is 1. The van der Waals surface area contributed by atoms with Gasteiger partial charge < -0.3 is 18.9 Å². The van der Waals surface area contributed by atoms with Gasteiger partial charge >= 0.3 is 23.9 Å². The molecule has 1 atom stereocenters. The van der Waals surface area contributed by atoms with Crippen LogP contribution in [0.2, 0.25) is 5.02 Å². The van der Waals surface area contributed by atoms with Gasteiger partial charge in [0.15, 0.2) is 5.78 Å². The molecule has 0 spiro atoms. The Morgan fingerprint density at radius 3 is 1.91 bits per heavy atom. The van der Waals surface area contributed by atoms with Crippen LogP contribution < -0.4 is 0 Å². The van der Waals surface area contributed by atoms with E-state index < -0.39 is 43.4 Å². The maximum atomic E-state index is 12.8. The van der Waals surface area contributed by atoms with Gasteiger partial charge in [0.2, 0.25) is 13.6 Å². The maximum absolute atomic E-state index is 12.8. The van der Waals surface area contributed by atoms with E-state index in [1.54, 1.807) is 36.4 Å². The van der Waals surface area contributed by atoms with Gasteiger partial charge in [-0.3, -0.25) is 14.4 Å². The standard InChI is InChI=1S/C23H20ClIO9/c1-14(26)31-12-33-22(29)23(30)34-13-32-21(28)11-17(15-2-6-18(24)7-3-15)10-20(27)16-4-8-19(25)9-5-16/h2-9,17H,10-13H2,1H3. The van der Waals surface area contributed by atoms with Crippen molar-refractivity contribution < 1.29 is 42.9 Å². The van der Waals surface area contributed by atoms with Crippen molar-refractivity contribution in [1.82, 2.24) is 0 Å². The second-order valence-electron chi connectivity index (χ2n) is 6.84. The molecule has 180 valence electrons. The van der Waals surface area contributed by atoms with E-state index in [1.165, 1.54) is 0 Å². The van der Waals surface area contributed by atoms with E-state index in [0.29, 0.717) is 16.1 Å². The van der Waals surface area contributed by atoms with Crippen LogP contribution in [0, 0.1) is 3.57 Å². The Labute approximate surface area is 213 Å². The molecule has 0 saturated heterocycles. The molecule has 9 nitrogen and oxygen atoms in total. The number of esters is 4. The monoisotopic (exact) mass is 602 g/mol. The van der Waals surface area contributed by atoms with Gasteiger partial charge in [0.1, 0.15) is 0 Å². The zero-order valence-corrected chi connectivity index (χ0v) is 20.9. The van der Waals surface area contributed by atoms with Crippen molar-refractivity contribution in [2.45, 2.75) is 25.7 Å². The molecule has 11 heteroatoms. The fourth-order valence-electron chi connectivity index (χ4n) is 2.71. The fourth-order valence-corrected chi connectivity index (χ4v) is 3.20. The zero-order valence-electron chi connectivity index (χ0n) is 18.0. The van der Waals surface area contributed by atoms with Gasteiger partial charge in [-0.15, -0.1) is 0 Å². The molecule has 0 amide bonds. The summed E-state index contributed by atoms with van der Waals surface area (Å²) in [5, 5.41) is 0.501. The van der Waals surface area contributed by atoms with Crippen LogP contribution in [0.1, 0.15) is 41.6 Å². The summed E-state index contributed by atoms with van der Waals surface area (Å²) in [7, 11) is 0. The van der Waals surface area contributed by atoms with Gasteiger partial charge in [0.25, 0.3) is 0 Å². The van der Waals surface area contributed by atoms with Crippen molar-refractivity contribution in [3.63, 3.8) is 0 Å². The molecule has 0 fully saturated rings. The number of rotatable bonds is 10. The van der Waals surface area contributed by atoms with E-state index >= 15 is 0 Å². The second kappa shape index (κ2) is 13.7. The Bertz CT molecular complexity index is 1040. The summed E-state index contributed by atoms with van der Waals surface area (Å²) in [4.78, 5) is 58.6. The Hall–Kier alpha value is -2.99. The summed E-state index contributed by atoms with van der Waals surface area (Å²) < 4.78 is 19.1. The molecule has 0 saturated carbocycles. The summed E-state index contributed by atoms with van der Waals surface area (Å²) in [6.45, 7) is -0.490. The fraction of sp³-hybridized carbons (Fsp3) is 0.261. The molecule has 0 aromatic heterocycles. The largest absolute Gasteiger partial charge is 0.428 e. The predicted molar refractivity (Wildman–Crippen MR) is 127 cm³/mol. The Balaban J connectivity index is 1.93. The van der Waals surface area contributed by atoms with Gasteiger partial charge in [-0.1, -0.05) is 35.9 Å². The van der Waals surface area contributed by atoms with Crippen LogP contribution >= 0.6 is 34.2 Å². The Morgan fingerprint density at radius 2 is 1.35 bits per heavy atom. The summed E-state index contributed by atoms with van der Waals surface area (Å²) in [5.41, 5.74) is 1.21. The van der Waals surface area contributed by atoms with Gasteiger partial charge in [-0.25, -0.2) is 9.59 Å². The van der Waals surface area contributed by atoms with Crippen LogP contribution in [-0.2, 0) is 38.1 Å². The Morgan fingerprint density at radius 1 is 0.794 bits per heavy atom. The third-order valence-corrected chi connectivity index (χ3v) is 5.35. The highest BCUT2D eigenvalue weighted by atomic mass is 127. The minimum Gasteiger partial charge on any atom is -0.428 e. The first kappa shape index (κ1) is 27.3. The van der Waals surface area contributed by atoms with Crippen LogP contribution in [0.25, 0.3) is 0 Å². The van der Waals surface area contributed by atoms with Crippen molar-refractivity contribution in [3.05, 3.63) is 68.3 Å². The highest BCUT2D eigenvalue weighted by Crippen LogP contribution is 2.27. The predicted octanol–water partition coefficient (Wildman–Crippen LogP) is 3.80. The van der Waals surface area contributed by atoms with Crippen molar-refractivity contribution in [2.75, 3.05) is 13.6 Å². The lowest BCUT2D eigenvalue weighted by atomic mass is 9.89. The number of ether oxygens (including phenoxy) is 4. The quantitative estimate of drug-likeness (QED) is 0.131. The minimum absolute atomic E-state index is 0.0274. The van der Waals surface area contributed by atoms with Gasteiger partial charge in [-0.2, -0.15) is 0 Å². The lowest BCUT2D eigenvalue weighted by Crippen LogP contribution is -2.24. The molecule has 0 aliphatic heterocycles. The van der Waals surface area contributed by atoms with Crippen LogP contribution in [0.4, 0.5) is 0 Å². The van der Waals surface area contributed by atoms with Gasteiger partial charge in [0.05, 0.1) is 6.42 Å². The third-order valence-electron chi connectivity index (χ3n) is 4.38. The number of carbonyl (C=O) groups is 5. The molecule has 0 heterocycles. The number of halogens is 2. The van der Waals surface area contributed by atoms with Crippen LogP contribution in [0.5, 0.6) is 0 Å². The molecule has 0 bridgehead atoms. The van der Waals surface area contributed by atoms with E-state index in [2.05, 4.69) is 36.8 Å². The molecule has 0 aliphatic carbocycles.